The number of benzene rings is 1. The highest BCUT2D eigenvalue weighted by Gasteiger charge is 2.12. The van der Waals surface area contributed by atoms with Gasteiger partial charge in [-0.1, -0.05) is 30.3 Å². The van der Waals surface area contributed by atoms with Crippen LogP contribution in [0.2, 0.25) is 0 Å². The molecule has 0 saturated carbocycles. The minimum atomic E-state index is 0.511. The van der Waals surface area contributed by atoms with E-state index in [0.717, 1.165) is 37.8 Å². The number of hydrogen-bond donors (Lipinski definition) is 1. The molecule has 1 aromatic carbocycles. The van der Waals surface area contributed by atoms with Crippen LogP contribution in [0.5, 0.6) is 0 Å². The zero-order chi connectivity index (χ0) is 12.6. The Balaban J connectivity index is 1.61. The normalized spacial score (nSPS) is 18.7. The highest BCUT2D eigenvalue weighted by Crippen LogP contribution is 2.12. The molecule has 0 spiro atoms. The van der Waals surface area contributed by atoms with Gasteiger partial charge in [-0.05, 0) is 12.5 Å². The van der Waals surface area contributed by atoms with Crippen LogP contribution in [-0.4, -0.2) is 43.1 Å². The maximum Gasteiger partial charge on any atom is 0.0608 e. The number of rotatable bonds is 6. The van der Waals surface area contributed by atoms with Gasteiger partial charge in [0, 0.05) is 30.6 Å². The summed E-state index contributed by atoms with van der Waals surface area (Å²) in [5.74, 6) is 2.22. The third-order valence-corrected chi connectivity index (χ3v) is 4.17. The largest absolute Gasteiger partial charge is 0.379 e. The molecule has 0 aliphatic carbocycles. The lowest BCUT2D eigenvalue weighted by Gasteiger charge is -2.30. The first-order valence-electron chi connectivity index (χ1n) is 6.55. The Morgan fingerprint density at radius 3 is 2.72 bits per heavy atom. The molecule has 0 amide bonds. The molecule has 0 radical (unpaired) electrons. The van der Waals surface area contributed by atoms with Gasteiger partial charge in [-0.3, -0.25) is 5.43 Å². The topological polar surface area (TPSA) is 24.5 Å². The maximum atomic E-state index is 5.33. The van der Waals surface area contributed by atoms with Gasteiger partial charge in [0.05, 0.1) is 13.2 Å². The Hall–Kier alpha value is -0.550. The lowest BCUT2D eigenvalue weighted by Crippen LogP contribution is -2.50. The smallest absolute Gasteiger partial charge is 0.0608 e. The van der Waals surface area contributed by atoms with Crippen molar-refractivity contribution in [3.8, 4) is 0 Å². The zero-order valence-electron chi connectivity index (χ0n) is 11.0. The molecule has 1 N–H and O–H groups in total. The molecule has 0 aromatic heterocycles. The van der Waals surface area contributed by atoms with Crippen molar-refractivity contribution in [3.05, 3.63) is 35.9 Å². The zero-order valence-corrected chi connectivity index (χ0v) is 11.8. The van der Waals surface area contributed by atoms with E-state index in [1.165, 1.54) is 5.56 Å². The van der Waals surface area contributed by atoms with Gasteiger partial charge in [-0.25, -0.2) is 5.01 Å². The number of morpholine rings is 1. The van der Waals surface area contributed by atoms with Gasteiger partial charge >= 0.3 is 0 Å². The summed E-state index contributed by atoms with van der Waals surface area (Å²) in [6.07, 6.45) is 0. The molecule has 1 aromatic rings. The van der Waals surface area contributed by atoms with E-state index >= 15 is 0 Å². The van der Waals surface area contributed by atoms with Crippen LogP contribution >= 0.6 is 11.8 Å². The summed E-state index contributed by atoms with van der Waals surface area (Å²) in [5.41, 5.74) is 4.94. The summed E-state index contributed by atoms with van der Waals surface area (Å²) in [6, 6.07) is 11.2. The van der Waals surface area contributed by atoms with Gasteiger partial charge in [0.25, 0.3) is 0 Å². The van der Waals surface area contributed by atoms with Crippen LogP contribution < -0.4 is 5.43 Å². The molecule has 2 rings (SSSR count). The SMILES string of the molecule is CC(CSCc1ccccc1)NN1CCOCC1. The number of hydrogen-bond acceptors (Lipinski definition) is 4. The minimum absolute atomic E-state index is 0.511. The second kappa shape index (κ2) is 7.79. The highest BCUT2D eigenvalue weighted by molar-refractivity contribution is 7.98. The summed E-state index contributed by atoms with van der Waals surface area (Å²) in [7, 11) is 0. The Morgan fingerprint density at radius 1 is 1.28 bits per heavy atom. The van der Waals surface area contributed by atoms with Gasteiger partial charge in [-0.2, -0.15) is 11.8 Å². The second-order valence-electron chi connectivity index (χ2n) is 4.63. The van der Waals surface area contributed by atoms with Crippen molar-refractivity contribution in [1.29, 1.82) is 0 Å². The standard InChI is InChI=1S/C14H22N2OS/c1-13(15-16-7-9-17-10-8-16)11-18-12-14-5-3-2-4-6-14/h2-6,13,15H,7-12H2,1H3. The quantitative estimate of drug-likeness (QED) is 0.852. The number of hydrazine groups is 1. The maximum absolute atomic E-state index is 5.33. The number of nitrogens with zero attached hydrogens (tertiary/aromatic N) is 1. The molecular weight excluding hydrogens is 244 g/mol. The summed E-state index contributed by atoms with van der Waals surface area (Å²) >= 11 is 1.98. The van der Waals surface area contributed by atoms with Gasteiger partial charge in [0.15, 0.2) is 0 Å². The molecule has 4 heteroatoms. The third-order valence-electron chi connectivity index (χ3n) is 2.89. The first-order valence-corrected chi connectivity index (χ1v) is 7.70. The van der Waals surface area contributed by atoms with Crippen LogP contribution in [0.3, 0.4) is 0 Å². The third kappa shape index (κ3) is 4.98. The summed E-state index contributed by atoms with van der Waals surface area (Å²) in [4.78, 5) is 0. The molecule has 1 fully saturated rings. The van der Waals surface area contributed by atoms with Crippen LogP contribution in [0.4, 0.5) is 0 Å². The van der Waals surface area contributed by atoms with E-state index in [0.29, 0.717) is 6.04 Å². The molecule has 1 heterocycles. The Morgan fingerprint density at radius 2 is 2.00 bits per heavy atom. The van der Waals surface area contributed by atoms with Gasteiger partial charge in [-0.15, -0.1) is 0 Å². The van der Waals surface area contributed by atoms with Crippen molar-refractivity contribution >= 4 is 11.8 Å². The van der Waals surface area contributed by atoms with E-state index in [1.807, 2.05) is 11.8 Å². The van der Waals surface area contributed by atoms with Crippen LogP contribution in [-0.2, 0) is 10.5 Å². The molecule has 0 bridgehead atoms. The van der Waals surface area contributed by atoms with Crippen LogP contribution in [0, 0.1) is 0 Å². The van der Waals surface area contributed by atoms with Crippen LogP contribution in [0.1, 0.15) is 12.5 Å². The van der Waals surface area contributed by atoms with E-state index in [9.17, 15) is 0 Å². The fourth-order valence-corrected chi connectivity index (χ4v) is 2.94. The van der Waals surface area contributed by atoms with Crippen molar-refractivity contribution in [3.63, 3.8) is 0 Å². The molecule has 1 saturated heterocycles. The average Bonchev–Trinajstić information content (AvgIpc) is 2.41. The van der Waals surface area contributed by atoms with E-state index < -0.39 is 0 Å². The molecule has 100 valence electrons. The van der Waals surface area contributed by atoms with Crippen molar-refractivity contribution in [2.24, 2.45) is 0 Å². The minimum Gasteiger partial charge on any atom is -0.379 e. The Bertz CT molecular complexity index is 328. The first kappa shape index (κ1) is 13.9. The number of ether oxygens (including phenoxy) is 1. The second-order valence-corrected chi connectivity index (χ2v) is 5.66. The molecule has 1 aliphatic rings. The molecule has 3 nitrogen and oxygen atoms in total. The molecular formula is C14H22N2OS. The van der Waals surface area contributed by atoms with Gasteiger partial charge < -0.3 is 4.74 Å². The van der Waals surface area contributed by atoms with E-state index in [-0.39, 0.29) is 0 Å². The summed E-state index contributed by atoms with van der Waals surface area (Å²) in [5, 5.41) is 2.28. The predicted octanol–water partition coefficient (Wildman–Crippen LogP) is 2.15. The van der Waals surface area contributed by atoms with Crippen molar-refractivity contribution in [2.45, 2.75) is 18.7 Å². The fraction of sp³-hybridized carbons (Fsp3) is 0.571. The summed E-state index contributed by atoms with van der Waals surface area (Å²) < 4.78 is 5.33. The van der Waals surface area contributed by atoms with Crippen molar-refractivity contribution < 1.29 is 4.74 Å². The van der Waals surface area contributed by atoms with Crippen LogP contribution in [0.25, 0.3) is 0 Å². The monoisotopic (exact) mass is 266 g/mol. The Labute approximate surface area is 114 Å². The fourth-order valence-electron chi connectivity index (χ4n) is 1.97. The Kier molecular flexibility index (Phi) is 6.00. The van der Waals surface area contributed by atoms with Gasteiger partial charge in [0.2, 0.25) is 0 Å². The van der Waals surface area contributed by atoms with Gasteiger partial charge in [0.1, 0.15) is 0 Å². The number of thioether (sulfide) groups is 1. The number of nitrogens with one attached hydrogen (secondary N) is 1. The average molecular weight is 266 g/mol. The van der Waals surface area contributed by atoms with Crippen LogP contribution in [0.15, 0.2) is 30.3 Å². The molecule has 1 aliphatic heterocycles. The first-order chi connectivity index (χ1) is 8.84. The predicted molar refractivity (Wildman–Crippen MR) is 77.6 cm³/mol. The highest BCUT2D eigenvalue weighted by atomic mass is 32.2. The van der Waals surface area contributed by atoms with E-state index in [4.69, 9.17) is 4.74 Å². The molecule has 1 unspecified atom stereocenters. The van der Waals surface area contributed by atoms with E-state index in [1.54, 1.807) is 0 Å². The molecule has 18 heavy (non-hydrogen) atoms. The van der Waals surface area contributed by atoms with E-state index in [2.05, 4.69) is 47.7 Å². The van der Waals surface area contributed by atoms with Crippen molar-refractivity contribution in [2.75, 3.05) is 32.1 Å². The summed E-state index contributed by atoms with van der Waals surface area (Å²) in [6.45, 7) is 5.92. The van der Waals surface area contributed by atoms with Crippen molar-refractivity contribution in [1.82, 2.24) is 10.4 Å². The molecule has 1 atom stereocenters. The lowest BCUT2D eigenvalue weighted by molar-refractivity contribution is 0.00681. The lowest BCUT2D eigenvalue weighted by atomic mass is 10.2.